The molecule has 0 aliphatic heterocycles. The number of rotatable bonds is 9. The molecule has 0 aliphatic rings. The highest BCUT2D eigenvalue weighted by molar-refractivity contribution is 9.10. The predicted octanol–water partition coefficient (Wildman–Crippen LogP) is 3.73. The molecular formula is C21H24BrN3O4S. The van der Waals surface area contributed by atoms with Crippen LogP contribution in [-0.2, 0) is 4.79 Å². The van der Waals surface area contributed by atoms with Crippen LogP contribution in [-0.4, -0.2) is 30.1 Å². The highest BCUT2D eigenvalue weighted by Crippen LogP contribution is 2.18. The zero-order valence-electron chi connectivity index (χ0n) is 16.6. The predicted molar refractivity (Wildman–Crippen MR) is 122 cm³/mol. The lowest BCUT2D eigenvalue weighted by molar-refractivity contribution is -0.123. The van der Waals surface area contributed by atoms with Crippen LogP contribution in [0.5, 0.6) is 11.5 Å². The summed E-state index contributed by atoms with van der Waals surface area (Å²) in [7, 11) is 0. The molecule has 160 valence electrons. The molecule has 7 nitrogen and oxygen atoms in total. The van der Waals surface area contributed by atoms with E-state index in [0.717, 1.165) is 23.7 Å². The molecular weight excluding hydrogens is 470 g/mol. The van der Waals surface area contributed by atoms with Gasteiger partial charge in [-0.3, -0.25) is 25.8 Å². The minimum absolute atomic E-state index is 0.0437. The molecule has 0 bridgehead atoms. The van der Waals surface area contributed by atoms with Crippen molar-refractivity contribution in [2.75, 3.05) is 13.2 Å². The molecule has 0 unspecified atom stereocenters. The van der Waals surface area contributed by atoms with Crippen LogP contribution in [0.1, 0.15) is 36.5 Å². The van der Waals surface area contributed by atoms with Crippen LogP contribution in [0, 0.1) is 0 Å². The number of nitrogens with one attached hydrogen (secondary N) is 3. The summed E-state index contributed by atoms with van der Waals surface area (Å²) in [6, 6.07) is 14.0. The number of halogens is 1. The fraction of sp³-hybridized carbons (Fsp3) is 0.286. The lowest BCUT2D eigenvalue weighted by Crippen LogP contribution is -2.49. The van der Waals surface area contributed by atoms with E-state index in [4.69, 9.17) is 21.7 Å². The van der Waals surface area contributed by atoms with Crippen LogP contribution in [0.3, 0.4) is 0 Å². The van der Waals surface area contributed by atoms with Crippen LogP contribution in [0.15, 0.2) is 53.0 Å². The topological polar surface area (TPSA) is 88.7 Å². The third-order valence-electron chi connectivity index (χ3n) is 3.86. The molecule has 0 heterocycles. The first-order valence-corrected chi connectivity index (χ1v) is 10.7. The monoisotopic (exact) mass is 493 g/mol. The van der Waals surface area contributed by atoms with Gasteiger partial charge >= 0.3 is 0 Å². The Balaban J connectivity index is 1.77. The van der Waals surface area contributed by atoms with E-state index in [9.17, 15) is 9.59 Å². The molecule has 0 saturated carbocycles. The van der Waals surface area contributed by atoms with Crippen LogP contribution in [0.4, 0.5) is 0 Å². The summed E-state index contributed by atoms with van der Waals surface area (Å²) in [5.74, 6) is 0.161. The maximum Gasteiger partial charge on any atom is 0.276 e. The van der Waals surface area contributed by atoms with Crippen LogP contribution in [0.25, 0.3) is 0 Å². The number of ether oxygens (including phenoxy) is 2. The second kappa shape index (κ2) is 12.8. The summed E-state index contributed by atoms with van der Waals surface area (Å²) in [6.45, 7) is 2.44. The number of amides is 2. The Bertz CT molecular complexity index is 862. The van der Waals surface area contributed by atoms with Gasteiger partial charge in [-0.25, -0.2) is 0 Å². The molecule has 0 aromatic heterocycles. The average Bonchev–Trinajstić information content (AvgIpc) is 2.75. The fourth-order valence-corrected chi connectivity index (χ4v) is 2.77. The molecule has 0 spiro atoms. The second-order valence-electron chi connectivity index (χ2n) is 6.25. The van der Waals surface area contributed by atoms with Gasteiger partial charge in [0.15, 0.2) is 11.7 Å². The Labute approximate surface area is 189 Å². The van der Waals surface area contributed by atoms with E-state index in [1.54, 1.807) is 36.4 Å². The van der Waals surface area contributed by atoms with Crippen molar-refractivity contribution in [1.82, 2.24) is 16.2 Å². The Kier molecular flexibility index (Phi) is 10.1. The standard InChI is InChI=1S/C21H24BrN3O4S/c1-2-3-6-13-28-18-8-5-4-7-17(18)20(27)23-21(30)25-24-19(26)14-29-16-11-9-15(22)10-12-16/h4-5,7-12H,2-3,6,13-14H2,1H3,(H,24,26)(H2,23,25,27,30). The molecule has 3 N–H and O–H groups in total. The van der Waals surface area contributed by atoms with Crippen LogP contribution in [0.2, 0.25) is 0 Å². The minimum Gasteiger partial charge on any atom is -0.493 e. The van der Waals surface area contributed by atoms with Crippen molar-refractivity contribution in [3.05, 3.63) is 58.6 Å². The number of unbranched alkanes of at least 4 members (excludes halogenated alkanes) is 2. The van der Waals surface area contributed by atoms with Gasteiger partial charge < -0.3 is 9.47 Å². The van der Waals surface area contributed by atoms with Gasteiger partial charge in [-0.1, -0.05) is 47.8 Å². The summed E-state index contributed by atoms with van der Waals surface area (Å²) in [5.41, 5.74) is 5.22. The van der Waals surface area contributed by atoms with Gasteiger partial charge in [-0.15, -0.1) is 0 Å². The molecule has 2 rings (SSSR count). The number of carbonyl (C=O) groups excluding carboxylic acids is 2. The van der Waals surface area contributed by atoms with Crippen LogP contribution >= 0.6 is 28.1 Å². The molecule has 0 saturated heterocycles. The van der Waals surface area contributed by atoms with E-state index < -0.39 is 11.8 Å². The molecule has 2 aromatic carbocycles. The van der Waals surface area contributed by atoms with E-state index in [1.807, 2.05) is 12.1 Å². The van der Waals surface area contributed by atoms with Crippen molar-refractivity contribution in [2.24, 2.45) is 0 Å². The van der Waals surface area contributed by atoms with Gasteiger partial charge in [0.25, 0.3) is 11.8 Å². The average molecular weight is 494 g/mol. The lowest BCUT2D eigenvalue weighted by atomic mass is 10.2. The van der Waals surface area contributed by atoms with E-state index in [1.165, 1.54) is 0 Å². The Morgan fingerprint density at radius 3 is 2.47 bits per heavy atom. The normalized spacial score (nSPS) is 10.1. The highest BCUT2D eigenvalue weighted by Gasteiger charge is 2.14. The quantitative estimate of drug-likeness (QED) is 0.280. The third-order valence-corrected chi connectivity index (χ3v) is 4.60. The summed E-state index contributed by atoms with van der Waals surface area (Å²) < 4.78 is 12.0. The lowest BCUT2D eigenvalue weighted by Gasteiger charge is -2.13. The fourth-order valence-electron chi connectivity index (χ4n) is 2.36. The van der Waals surface area contributed by atoms with Crippen molar-refractivity contribution in [1.29, 1.82) is 0 Å². The zero-order chi connectivity index (χ0) is 21.8. The number of benzene rings is 2. The molecule has 0 atom stereocenters. The van der Waals surface area contributed by atoms with E-state index >= 15 is 0 Å². The Morgan fingerprint density at radius 2 is 1.73 bits per heavy atom. The van der Waals surface area contributed by atoms with Gasteiger partial charge in [0.05, 0.1) is 12.2 Å². The maximum absolute atomic E-state index is 12.5. The SMILES string of the molecule is CCCCCOc1ccccc1C(=O)NC(=S)NNC(=O)COc1ccc(Br)cc1. The van der Waals surface area contributed by atoms with Gasteiger partial charge in [-0.05, 0) is 55.0 Å². The van der Waals surface area contributed by atoms with Crippen molar-refractivity contribution in [3.8, 4) is 11.5 Å². The highest BCUT2D eigenvalue weighted by atomic mass is 79.9. The second-order valence-corrected chi connectivity index (χ2v) is 7.57. The summed E-state index contributed by atoms with van der Waals surface area (Å²) in [6.07, 6.45) is 3.07. The number of hydrogen-bond donors (Lipinski definition) is 3. The number of para-hydroxylation sites is 1. The van der Waals surface area contributed by atoms with Crippen molar-refractivity contribution < 1.29 is 19.1 Å². The molecule has 0 aliphatic carbocycles. The first-order valence-electron chi connectivity index (χ1n) is 9.50. The molecule has 0 radical (unpaired) electrons. The maximum atomic E-state index is 12.5. The van der Waals surface area contributed by atoms with E-state index in [2.05, 4.69) is 39.0 Å². The summed E-state index contributed by atoms with van der Waals surface area (Å²) in [4.78, 5) is 24.4. The van der Waals surface area contributed by atoms with E-state index in [-0.39, 0.29) is 11.7 Å². The van der Waals surface area contributed by atoms with Crippen molar-refractivity contribution >= 4 is 45.1 Å². The first kappa shape index (κ1) is 23.6. The molecule has 30 heavy (non-hydrogen) atoms. The number of hydrogen-bond acceptors (Lipinski definition) is 5. The number of hydrazine groups is 1. The zero-order valence-corrected chi connectivity index (χ0v) is 19.0. The molecule has 2 aromatic rings. The summed E-state index contributed by atoms with van der Waals surface area (Å²) >= 11 is 8.39. The molecule has 2 amide bonds. The summed E-state index contributed by atoms with van der Waals surface area (Å²) in [5, 5.41) is 2.47. The van der Waals surface area contributed by atoms with Gasteiger partial charge in [-0.2, -0.15) is 0 Å². The van der Waals surface area contributed by atoms with Crippen LogP contribution < -0.4 is 25.6 Å². The molecule has 0 fully saturated rings. The van der Waals surface area contributed by atoms with Crippen molar-refractivity contribution in [3.63, 3.8) is 0 Å². The third kappa shape index (κ3) is 8.38. The number of carbonyl (C=O) groups is 2. The van der Waals surface area contributed by atoms with E-state index in [0.29, 0.717) is 23.7 Å². The Hall–Kier alpha value is -2.65. The minimum atomic E-state index is -0.450. The molecule has 9 heteroatoms. The van der Waals surface area contributed by atoms with Gasteiger partial charge in [0.2, 0.25) is 0 Å². The van der Waals surface area contributed by atoms with Gasteiger partial charge in [0.1, 0.15) is 11.5 Å². The Morgan fingerprint density at radius 1 is 1.00 bits per heavy atom. The smallest absolute Gasteiger partial charge is 0.276 e. The van der Waals surface area contributed by atoms with Gasteiger partial charge in [0, 0.05) is 4.47 Å². The number of thiocarbonyl (C=S) groups is 1. The largest absolute Gasteiger partial charge is 0.493 e. The first-order chi connectivity index (χ1) is 14.5. The van der Waals surface area contributed by atoms with Crippen molar-refractivity contribution in [2.45, 2.75) is 26.2 Å².